The van der Waals surface area contributed by atoms with Crippen molar-refractivity contribution >= 4 is 10.9 Å². The van der Waals surface area contributed by atoms with Gasteiger partial charge in [-0.15, -0.1) is 0 Å². The molecule has 0 unspecified atom stereocenters. The Morgan fingerprint density at radius 3 is 2.72 bits per heavy atom. The number of hydrogen-bond acceptors (Lipinski definition) is 3. The van der Waals surface area contributed by atoms with Crippen molar-refractivity contribution < 1.29 is 0 Å². The molecule has 0 radical (unpaired) electrons. The summed E-state index contributed by atoms with van der Waals surface area (Å²) in [6.07, 6.45) is 2.34. The molecule has 2 aromatic heterocycles. The molecule has 1 aromatic carbocycles. The molecule has 0 bridgehead atoms. The van der Waals surface area contributed by atoms with Gasteiger partial charge in [-0.05, 0) is 17.7 Å². The number of rotatable bonds is 2. The highest BCUT2D eigenvalue weighted by Crippen LogP contribution is 2.13. The number of benzene rings is 1. The van der Waals surface area contributed by atoms with Crippen LogP contribution in [0.25, 0.3) is 10.9 Å². The fourth-order valence-corrected chi connectivity index (χ4v) is 1.96. The molecule has 0 aliphatic rings. The van der Waals surface area contributed by atoms with Crippen LogP contribution in [-0.2, 0) is 6.42 Å². The third-order valence-corrected chi connectivity index (χ3v) is 2.83. The minimum atomic E-state index is -0.199. The summed E-state index contributed by atoms with van der Waals surface area (Å²) in [6.45, 7) is 0. The molecule has 0 aliphatic carbocycles. The molecule has 1 N–H and O–H groups in total. The van der Waals surface area contributed by atoms with Gasteiger partial charge in [-0.1, -0.05) is 30.3 Å². The maximum Gasteiger partial charge on any atom is 0.273 e. The van der Waals surface area contributed by atoms with E-state index in [1.54, 1.807) is 18.3 Å². The molecule has 4 heteroatoms. The SMILES string of the molecule is O=c1[nH]nc(Cc2ccccc2)c2ncccc12. The van der Waals surface area contributed by atoms with E-state index in [2.05, 4.69) is 15.2 Å². The third-order valence-electron chi connectivity index (χ3n) is 2.83. The fraction of sp³-hybridized carbons (Fsp3) is 0.0714. The van der Waals surface area contributed by atoms with Crippen molar-refractivity contribution in [2.24, 2.45) is 0 Å². The minimum Gasteiger partial charge on any atom is -0.267 e. The van der Waals surface area contributed by atoms with Crippen LogP contribution in [0.15, 0.2) is 53.5 Å². The zero-order valence-corrected chi connectivity index (χ0v) is 9.63. The van der Waals surface area contributed by atoms with Gasteiger partial charge in [0.25, 0.3) is 5.56 Å². The van der Waals surface area contributed by atoms with Crippen LogP contribution in [0.4, 0.5) is 0 Å². The smallest absolute Gasteiger partial charge is 0.267 e. The van der Waals surface area contributed by atoms with Crippen molar-refractivity contribution in [1.82, 2.24) is 15.2 Å². The van der Waals surface area contributed by atoms with Crippen molar-refractivity contribution in [2.45, 2.75) is 6.42 Å². The monoisotopic (exact) mass is 237 g/mol. The van der Waals surface area contributed by atoms with E-state index < -0.39 is 0 Å². The molecule has 88 valence electrons. The summed E-state index contributed by atoms with van der Waals surface area (Å²) >= 11 is 0. The van der Waals surface area contributed by atoms with Gasteiger partial charge in [-0.2, -0.15) is 5.10 Å². The van der Waals surface area contributed by atoms with Crippen molar-refractivity contribution in [2.75, 3.05) is 0 Å². The van der Waals surface area contributed by atoms with E-state index in [0.717, 1.165) is 11.3 Å². The van der Waals surface area contributed by atoms with E-state index in [-0.39, 0.29) is 5.56 Å². The largest absolute Gasteiger partial charge is 0.273 e. The molecule has 3 aromatic rings. The first-order valence-electron chi connectivity index (χ1n) is 5.71. The summed E-state index contributed by atoms with van der Waals surface area (Å²) in [7, 11) is 0. The summed E-state index contributed by atoms with van der Waals surface area (Å²) in [5, 5.41) is 7.20. The lowest BCUT2D eigenvalue weighted by Crippen LogP contribution is -2.12. The molecular formula is C14H11N3O. The number of aromatic amines is 1. The van der Waals surface area contributed by atoms with Gasteiger partial charge in [-0.25, -0.2) is 5.10 Å². The number of fused-ring (bicyclic) bond motifs is 1. The minimum absolute atomic E-state index is 0.199. The van der Waals surface area contributed by atoms with Crippen LogP contribution in [-0.4, -0.2) is 15.2 Å². The molecule has 2 heterocycles. The molecule has 3 rings (SSSR count). The summed E-state index contributed by atoms with van der Waals surface area (Å²) in [4.78, 5) is 15.9. The Morgan fingerprint density at radius 1 is 1.06 bits per heavy atom. The predicted molar refractivity (Wildman–Crippen MR) is 69.4 cm³/mol. The number of nitrogens with one attached hydrogen (secondary N) is 1. The van der Waals surface area contributed by atoms with Crippen molar-refractivity contribution in [3.63, 3.8) is 0 Å². The van der Waals surface area contributed by atoms with Gasteiger partial charge >= 0.3 is 0 Å². The van der Waals surface area contributed by atoms with E-state index in [1.807, 2.05) is 30.3 Å². The van der Waals surface area contributed by atoms with E-state index in [1.165, 1.54) is 0 Å². The Labute approximate surface area is 103 Å². The van der Waals surface area contributed by atoms with Crippen LogP contribution in [0.3, 0.4) is 0 Å². The first-order valence-corrected chi connectivity index (χ1v) is 5.71. The first-order chi connectivity index (χ1) is 8.84. The number of pyridine rings is 1. The summed E-state index contributed by atoms with van der Waals surface area (Å²) in [5.74, 6) is 0. The van der Waals surface area contributed by atoms with Crippen molar-refractivity contribution in [1.29, 1.82) is 0 Å². The van der Waals surface area contributed by atoms with E-state index in [0.29, 0.717) is 17.3 Å². The van der Waals surface area contributed by atoms with E-state index in [9.17, 15) is 4.79 Å². The van der Waals surface area contributed by atoms with Crippen LogP contribution in [0.1, 0.15) is 11.3 Å². The zero-order chi connectivity index (χ0) is 12.4. The molecule has 0 aliphatic heterocycles. The Hall–Kier alpha value is -2.49. The Balaban J connectivity index is 2.13. The topological polar surface area (TPSA) is 58.6 Å². The molecule has 0 atom stereocenters. The highest BCUT2D eigenvalue weighted by atomic mass is 16.1. The number of nitrogens with zero attached hydrogens (tertiary/aromatic N) is 2. The highest BCUT2D eigenvalue weighted by molar-refractivity contribution is 5.79. The average Bonchev–Trinajstić information content (AvgIpc) is 2.44. The quantitative estimate of drug-likeness (QED) is 0.740. The van der Waals surface area contributed by atoms with Crippen LogP contribution in [0.5, 0.6) is 0 Å². The lowest BCUT2D eigenvalue weighted by molar-refractivity contribution is 0.927. The third kappa shape index (κ3) is 1.88. The first kappa shape index (κ1) is 10.7. The molecular weight excluding hydrogens is 226 g/mol. The van der Waals surface area contributed by atoms with Crippen LogP contribution >= 0.6 is 0 Å². The summed E-state index contributed by atoms with van der Waals surface area (Å²) < 4.78 is 0. The second-order valence-corrected chi connectivity index (χ2v) is 4.06. The van der Waals surface area contributed by atoms with Gasteiger partial charge in [-0.3, -0.25) is 9.78 Å². The lowest BCUT2D eigenvalue weighted by atomic mass is 10.1. The molecule has 0 saturated carbocycles. The van der Waals surface area contributed by atoms with Gasteiger partial charge in [0.1, 0.15) is 0 Å². The average molecular weight is 237 g/mol. The van der Waals surface area contributed by atoms with E-state index in [4.69, 9.17) is 0 Å². The molecule has 18 heavy (non-hydrogen) atoms. The molecule has 0 saturated heterocycles. The molecule has 0 fully saturated rings. The molecule has 0 spiro atoms. The van der Waals surface area contributed by atoms with Crippen LogP contribution in [0, 0.1) is 0 Å². The van der Waals surface area contributed by atoms with Crippen molar-refractivity contribution in [3.8, 4) is 0 Å². The van der Waals surface area contributed by atoms with Crippen molar-refractivity contribution in [3.05, 3.63) is 70.3 Å². The van der Waals surface area contributed by atoms with Gasteiger partial charge < -0.3 is 0 Å². The maximum absolute atomic E-state index is 11.6. The Bertz CT molecular complexity index is 735. The Kier molecular flexibility index (Phi) is 2.61. The van der Waals surface area contributed by atoms with Gasteiger partial charge in [0.2, 0.25) is 0 Å². The maximum atomic E-state index is 11.6. The number of H-pyrrole nitrogens is 1. The van der Waals surface area contributed by atoms with Gasteiger partial charge in [0.05, 0.1) is 16.6 Å². The van der Waals surface area contributed by atoms with Crippen LogP contribution < -0.4 is 5.56 Å². The van der Waals surface area contributed by atoms with Crippen LogP contribution in [0.2, 0.25) is 0 Å². The molecule has 0 amide bonds. The fourth-order valence-electron chi connectivity index (χ4n) is 1.96. The summed E-state index contributed by atoms with van der Waals surface area (Å²) in [5.41, 5.74) is 2.40. The van der Waals surface area contributed by atoms with Gasteiger partial charge in [0, 0.05) is 12.6 Å². The zero-order valence-electron chi connectivity index (χ0n) is 9.63. The van der Waals surface area contributed by atoms with Gasteiger partial charge in [0.15, 0.2) is 0 Å². The number of aromatic nitrogens is 3. The predicted octanol–water partition coefficient (Wildman–Crippen LogP) is 1.91. The van der Waals surface area contributed by atoms with E-state index >= 15 is 0 Å². The number of hydrogen-bond donors (Lipinski definition) is 1. The molecule has 4 nitrogen and oxygen atoms in total. The summed E-state index contributed by atoms with van der Waals surface area (Å²) in [6, 6.07) is 13.5. The highest BCUT2D eigenvalue weighted by Gasteiger charge is 2.07. The normalized spacial score (nSPS) is 10.7. The Morgan fingerprint density at radius 2 is 1.89 bits per heavy atom. The second kappa shape index (κ2) is 4.41. The lowest BCUT2D eigenvalue weighted by Gasteiger charge is -2.03. The second-order valence-electron chi connectivity index (χ2n) is 4.06. The standard InChI is InChI=1S/C14H11N3O/c18-14-11-7-4-8-15-13(11)12(16-17-14)9-10-5-2-1-3-6-10/h1-8H,9H2,(H,17,18).